The molecule has 1 aromatic rings. The maximum absolute atomic E-state index is 12.5. The van der Waals surface area contributed by atoms with Gasteiger partial charge in [0.2, 0.25) is 0 Å². The number of nitrogens with two attached hydrogens (primary N) is 1. The number of benzene rings is 1. The SMILES string of the molecule is NC(=O)C(=O)NCc1cc(Br)cc(C(F)(F)F)c1. The highest BCUT2D eigenvalue weighted by Gasteiger charge is 2.31. The molecule has 0 saturated carbocycles. The Hall–Kier alpha value is -1.57. The van der Waals surface area contributed by atoms with Gasteiger partial charge in [0.1, 0.15) is 0 Å². The third kappa shape index (κ3) is 4.02. The summed E-state index contributed by atoms with van der Waals surface area (Å²) in [6.07, 6.45) is -4.48. The topological polar surface area (TPSA) is 72.2 Å². The van der Waals surface area contributed by atoms with Crippen molar-refractivity contribution in [3.8, 4) is 0 Å². The van der Waals surface area contributed by atoms with E-state index in [2.05, 4.69) is 27.0 Å². The summed E-state index contributed by atoms with van der Waals surface area (Å²) in [5, 5.41) is 2.10. The smallest absolute Gasteiger partial charge is 0.361 e. The lowest BCUT2D eigenvalue weighted by molar-refractivity contribution is -0.137. The summed E-state index contributed by atoms with van der Waals surface area (Å²) in [6.45, 7) is -0.218. The molecule has 0 aliphatic heterocycles. The van der Waals surface area contributed by atoms with Crippen molar-refractivity contribution in [2.24, 2.45) is 5.73 Å². The van der Waals surface area contributed by atoms with Gasteiger partial charge in [-0.15, -0.1) is 0 Å². The van der Waals surface area contributed by atoms with E-state index in [-0.39, 0.29) is 16.6 Å². The van der Waals surface area contributed by atoms with Crippen LogP contribution in [0, 0.1) is 0 Å². The molecule has 0 radical (unpaired) electrons. The second kappa shape index (κ2) is 5.38. The average molecular weight is 325 g/mol. The standard InChI is InChI=1S/C10H8BrF3N2O2/c11-7-2-5(4-16-9(18)8(15)17)1-6(3-7)10(12,13)14/h1-3H,4H2,(H2,15,17)(H,16,18). The van der Waals surface area contributed by atoms with Crippen LogP contribution >= 0.6 is 15.9 Å². The van der Waals surface area contributed by atoms with Crippen molar-refractivity contribution in [1.29, 1.82) is 0 Å². The first-order valence-electron chi connectivity index (χ1n) is 4.64. The Balaban J connectivity index is 2.87. The molecule has 0 atom stereocenters. The van der Waals surface area contributed by atoms with Crippen LogP contribution in [0.4, 0.5) is 13.2 Å². The van der Waals surface area contributed by atoms with Crippen molar-refractivity contribution in [2.45, 2.75) is 12.7 Å². The van der Waals surface area contributed by atoms with Crippen LogP contribution in [0.2, 0.25) is 0 Å². The van der Waals surface area contributed by atoms with Gasteiger partial charge < -0.3 is 11.1 Å². The number of halogens is 4. The first-order chi connectivity index (χ1) is 8.20. The molecule has 2 amide bonds. The molecule has 4 nitrogen and oxygen atoms in total. The molecule has 0 saturated heterocycles. The van der Waals surface area contributed by atoms with Gasteiger partial charge in [-0.25, -0.2) is 0 Å². The van der Waals surface area contributed by atoms with Crippen LogP contribution in [0.25, 0.3) is 0 Å². The summed E-state index contributed by atoms with van der Waals surface area (Å²) in [5.41, 5.74) is 4.04. The molecule has 0 aromatic heterocycles. The van der Waals surface area contributed by atoms with E-state index in [1.165, 1.54) is 6.07 Å². The Bertz CT molecular complexity index is 489. The van der Waals surface area contributed by atoms with Crippen LogP contribution in [0.1, 0.15) is 11.1 Å². The van der Waals surface area contributed by atoms with Gasteiger partial charge in [-0.2, -0.15) is 13.2 Å². The first kappa shape index (κ1) is 14.5. The van der Waals surface area contributed by atoms with Gasteiger partial charge in [0.05, 0.1) is 5.56 Å². The normalized spacial score (nSPS) is 11.1. The number of rotatable bonds is 2. The summed E-state index contributed by atoms with van der Waals surface area (Å²) in [5.74, 6) is -2.25. The predicted molar refractivity (Wildman–Crippen MR) is 60.2 cm³/mol. The highest BCUT2D eigenvalue weighted by atomic mass is 79.9. The molecular weight excluding hydrogens is 317 g/mol. The molecule has 0 aliphatic carbocycles. The molecule has 0 aliphatic rings. The van der Waals surface area contributed by atoms with Crippen LogP contribution < -0.4 is 11.1 Å². The highest BCUT2D eigenvalue weighted by molar-refractivity contribution is 9.10. The summed E-state index contributed by atoms with van der Waals surface area (Å²) >= 11 is 2.94. The zero-order chi connectivity index (χ0) is 13.9. The Morgan fingerprint density at radius 2 is 1.89 bits per heavy atom. The second-order valence-electron chi connectivity index (χ2n) is 3.39. The largest absolute Gasteiger partial charge is 0.416 e. The molecule has 0 bridgehead atoms. The Kier molecular flexibility index (Phi) is 4.33. The lowest BCUT2D eigenvalue weighted by atomic mass is 10.1. The van der Waals surface area contributed by atoms with Gasteiger partial charge in [-0.3, -0.25) is 9.59 Å². The predicted octanol–water partition coefficient (Wildman–Crippen LogP) is 1.57. The molecular formula is C10H8BrF3N2O2. The minimum absolute atomic E-state index is 0.200. The molecule has 8 heteroatoms. The van der Waals surface area contributed by atoms with Gasteiger partial charge >= 0.3 is 18.0 Å². The molecule has 98 valence electrons. The van der Waals surface area contributed by atoms with Crippen molar-refractivity contribution >= 4 is 27.7 Å². The van der Waals surface area contributed by atoms with Crippen LogP contribution in [0.5, 0.6) is 0 Å². The van der Waals surface area contributed by atoms with Gasteiger partial charge in [0.15, 0.2) is 0 Å². The van der Waals surface area contributed by atoms with E-state index in [9.17, 15) is 22.8 Å². The summed E-state index contributed by atoms with van der Waals surface area (Å²) in [4.78, 5) is 21.3. The van der Waals surface area contributed by atoms with Crippen molar-refractivity contribution in [3.63, 3.8) is 0 Å². The van der Waals surface area contributed by atoms with E-state index in [0.29, 0.717) is 0 Å². The van der Waals surface area contributed by atoms with Crippen LogP contribution in [0.3, 0.4) is 0 Å². The van der Waals surface area contributed by atoms with Gasteiger partial charge in [0, 0.05) is 11.0 Å². The van der Waals surface area contributed by atoms with Crippen molar-refractivity contribution < 1.29 is 22.8 Å². The van der Waals surface area contributed by atoms with Crippen LogP contribution in [0.15, 0.2) is 22.7 Å². The zero-order valence-electron chi connectivity index (χ0n) is 8.84. The number of carbonyl (C=O) groups excluding carboxylic acids is 2. The van der Waals surface area contributed by atoms with Crippen molar-refractivity contribution in [2.75, 3.05) is 0 Å². The van der Waals surface area contributed by atoms with Crippen molar-refractivity contribution in [1.82, 2.24) is 5.32 Å². The van der Waals surface area contributed by atoms with E-state index in [1.807, 2.05) is 0 Å². The number of nitrogens with one attached hydrogen (secondary N) is 1. The summed E-state index contributed by atoms with van der Waals surface area (Å²) in [6, 6.07) is 3.20. The number of hydrogen-bond acceptors (Lipinski definition) is 2. The molecule has 3 N–H and O–H groups in total. The Morgan fingerprint density at radius 3 is 2.39 bits per heavy atom. The third-order valence-electron chi connectivity index (χ3n) is 1.96. The quantitative estimate of drug-likeness (QED) is 0.810. The molecule has 18 heavy (non-hydrogen) atoms. The molecule has 1 aromatic carbocycles. The molecule has 0 fully saturated rings. The minimum Gasteiger partial charge on any atom is -0.361 e. The van der Waals surface area contributed by atoms with Crippen LogP contribution in [-0.2, 0) is 22.3 Å². The molecule has 0 spiro atoms. The fraction of sp³-hybridized carbons (Fsp3) is 0.200. The second-order valence-corrected chi connectivity index (χ2v) is 4.31. The number of primary amides is 1. The van der Waals surface area contributed by atoms with E-state index >= 15 is 0 Å². The maximum Gasteiger partial charge on any atom is 0.416 e. The number of alkyl halides is 3. The minimum atomic E-state index is -4.48. The molecule has 0 unspecified atom stereocenters. The van der Waals surface area contributed by atoms with Crippen LogP contribution in [-0.4, -0.2) is 11.8 Å². The number of hydrogen-bond donors (Lipinski definition) is 2. The summed E-state index contributed by atoms with van der Waals surface area (Å²) in [7, 11) is 0. The molecule has 0 heterocycles. The molecule has 1 rings (SSSR count). The summed E-state index contributed by atoms with van der Waals surface area (Å²) < 4.78 is 37.7. The van der Waals surface area contributed by atoms with Gasteiger partial charge in [-0.05, 0) is 23.8 Å². The van der Waals surface area contributed by atoms with Gasteiger partial charge in [-0.1, -0.05) is 15.9 Å². The lowest BCUT2D eigenvalue weighted by Gasteiger charge is -2.10. The maximum atomic E-state index is 12.5. The third-order valence-corrected chi connectivity index (χ3v) is 2.42. The van der Waals surface area contributed by atoms with E-state index in [4.69, 9.17) is 0 Å². The monoisotopic (exact) mass is 324 g/mol. The lowest BCUT2D eigenvalue weighted by Crippen LogP contribution is -2.35. The number of carbonyl (C=O) groups is 2. The van der Waals surface area contributed by atoms with Gasteiger partial charge in [0.25, 0.3) is 0 Å². The van der Waals surface area contributed by atoms with E-state index in [0.717, 1.165) is 12.1 Å². The fourth-order valence-corrected chi connectivity index (χ4v) is 1.73. The Labute approximate surface area is 108 Å². The van der Waals surface area contributed by atoms with E-state index in [1.54, 1.807) is 0 Å². The zero-order valence-corrected chi connectivity index (χ0v) is 10.4. The Morgan fingerprint density at radius 1 is 1.28 bits per heavy atom. The van der Waals surface area contributed by atoms with Crippen molar-refractivity contribution in [3.05, 3.63) is 33.8 Å². The first-order valence-corrected chi connectivity index (χ1v) is 5.44. The fourth-order valence-electron chi connectivity index (χ4n) is 1.19. The highest BCUT2D eigenvalue weighted by Crippen LogP contribution is 2.31. The number of amides is 2. The van der Waals surface area contributed by atoms with E-state index < -0.39 is 23.6 Å². The average Bonchev–Trinajstić information content (AvgIpc) is 2.23.